The Bertz CT molecular complexity index is 488. The van der Waals surface area contributed by atoms with E-state index in [1.165, 1.54) is 5.56 Å². The van der Waals surface area contributed by atoms with Crippen molar-refractivity contribution in [3.05, 3.63) is 77.4 Å². The Morgan fingerprint density at radius 2 is 1.61 bits per heavy atom. The minimum absolute atomic E-state index is 0.797. The van der Waals surface area contributed by atoms with E-state index in [0.29, 0.717) is 0 Å². The molecule has 0 heterocycles. The van der Waals surface area contributed by atoms with Crippen LogP contribution in [0.2, 0.25) is 0 Å². The van der Waals surface area contributed by atoms with Crippen LogP contribution in [-0.4, -0.2) is 6.29 Å². The molecule has 0 N–H and O–H groups in total. The van der Waals surface area contributed by atoms with E-state index in [1.807, 2.05) is 50.3 Å². The lowest BCUT2D eigenvalue weighted by atomic mass is 10.1. The average Bonchev–Trinajstić information content (AvgIpc) is 2.38. The summed E-state index contributed by atoms with van der Waals surface area (Å²) < 4.78 is 0. The molecule has 1 nitrogen and oxygen atoms in total. The second-order valence-corrected chi connectivity index (χ2v) is 4.06. The zero-order chi connectivity index (χ0) is 13.2. The van der Waals surface area contributed by atoms with Crippen molar-refractivity contribution in [2.75, 3.05) is 0 Å². The maximum absolute atomic E-state index is 10.2. The van der Waals surface area contributed by atoms with Gasteiger partial charge in [0.1, 0.15) is 6.29 Å². The summed E-state index contributed by atoms with van der Waals surface area (Å²) in [6.45, 7) is 3.94. The van der Waals surface area contributed by atoms with E-state index < -0.39 is 0 Å². The van der Waals surface area contributed by atoms with Gasteiger partial charge in [0.25, 0.3) is 0 Å². The van der Waals surface area contributed by atoms with Crippen molar-refractivity contribution in [2.45, 2.75) is 13.8 Å². The molecule has 1 heteroatoms. The van der Waals surface area contributed by atoms with E-state index in [4.69, 9.17) is 0 Å². The van der Waals surface area contributed by atoms with Crippen molar-refractivity contribution in [1.82, 2.24) is 0 Å². The first-order valence-electron chi connectivity index (χ1n) is 5.92. The third-order valence-corrected chi connectivity index (χ3v) is 2.39. The van der Waals surface area contributed by atoms with E-state index in [1.54, 1.807) is 6.08 Å². The smallest absolute Gasteiger partial charge is 0.143 e. The molecule has 0 radical (unpaired) electrons. The highest BCUT2D eigenvalue weighted by Crippen LogP contribution is 2.05. The first-order chi connectivity index (χ1) is 8.72. The fourth-order valence-corrected chi connectivity index (χ4v) is 1.36. The maximum Gasteiger partial charge on any atom is 0.143 e. The Balaban J connectivity index is 2.60. The fourth-order valence-electron chi connectivity index (χ4n) is 1.36. The van der Waals surface area contributed by atoms with Gasteiger partial charge in [-0.2, -0.15) is 0 Å². The predicted molar refractivity (Wildman–Crippen MR) is 78.2 cm³/mol. The normalized spacial score (nSPS) is 13.4. The van der Waals surface area contributed by atoms with Crippen molar-refractivity contribution in [2.24, 2.45) is 0 Å². The SMILES string of the molecule is CC(/C=C/C=C(C)/C=C/c1ccccc1)=C\C=O. The molecule has 0 saturated heterocycles. The highest BCUT2D eigenvalue weighted by Gasteiger charge is 1.84. The van der Waals surface area contributed by atoms with Gasteiger partial charge in [-0.05, 0) is 31.1 Å². The summed E-state index contributed by atoms with van der Waals surface area (Å²) in [5.41, 5.74) is 3.29. The number of carbonyl (C=O) groups is 1. The molecular formula is C17H18O. The van der Waals surface area contributed by atoms with E-state index in [0.717, 1.165) is 17.4 Å². The van der Waals surface area contributed by atoms with Gasteiger partial charge >= 0.3 is 0 Å². The van der Waals surface area contributed by atoms with Crippen LogP contribution in [0.1, 0.15) is 19.4 Å². The Hall–Kier alpha value is -2.15. The first kappa shape index (κ1) is 13.9. The van der Waals surface area contributed by atoms with Crippen molar-refractivity contribution >= 4 is 12.4 Å². The minimum atomic E-state index is 0.797. The van der Waals surface area contributed by atoms with Crippen LogP contribution in [0.4, 0.5) is 0 Å². The summed E-state index contributed by atoms with van der Waals surface area (Å²) in [7, 11) is 0. The Labute approximate surface area is 109 Å². The largest absolute Gasteiger partial charge is 0.299 e. The van der Waals surface area contributed by atoms with Crippen LogP contribution >= 0.6 is 0 Å². The molecule has 0 aromatic heterocycles. The number of aldehydes is 1. The number of hydrogen-bond acceptors (Lipinski definition) is 1. The first-order valence-corrected chi connectivity index (χ1v) is 5.92. The third-order valence-electron chi connectivity index (χ3n) is 2.39. The van der Waals surface area contributed by atoms with Crippen LogP contribution in [0.5, 0.6) is 0 Å². The number of allylic oxidation sites excluding steroid dienone is 7. The maximum atomic E-state index is 10.2. The molecule has 0 saturated carbocycles. The molecule has 0 bridgehead atoms. The number of carbonyl (C=O) groups excluding carboxylic acids is 1. The van der Waals surface area contributed by atoms with Crippen LogP contribution in [0.3, 0.4) is 0 Å². The van der Waals surface area contributed by atoms with Crippen LogP contribution in [0.25, 0.3) is 6.08 Å². The molecule has 0 amide bonds. The quantitative estimate of drug-likeness (QED) is 0.423. The topological polar surface area (TPSA) is 17.1 Å². The van der Waals surface area contributed by atoms with Gasteiger partial charge in [-0.1, -0.05) is 66.3 Å². The van der Waals surface area contributed by atoms with E-state index in [2.05, 4.69) is 24.3 Å². The third kappa shape index (κ3) is 5.80. The monoisotopic (exact) mass is 238 g/mol. The zero-order valence-electron chi connectivity index (χ0n) is 10.8. The van der Waals surface area contributed by atoms with Gasteiger partial charge in [0, 0.05) is 0 Å². The van der Waals surface area contributed by atoms with Gasteiger partial charge in [-0.15, -0.1) is 0 Å². The zero-order valence-corrected chi connectivity index (χ0v) is 10.8. The second-order valence-electron chi connectivity index (χ2n) is 4.06. The van der Waals surface area contributed by atoms with Crippen LogP contribution in [0, 0.1) is 0 Å². The molecule has 1 aromatic rings. The van der Waals surface area contributed by atoms with Gasteiger partial charge < -0.3 is 0 Å². The van der Waals surface area contributed by atoms with Crippen molar-refractivity contribution in [3.8, 4) is 0 Å². The number of rotatable bonds is 5. The summed E-state index contributed by atoms with van der Waals surface area (Å²) in [4.78, 5) is 10.2. The predicted octanol–water partition coefficient (Wildman–Crippen LogP) is 4.35. The molecule has 1 aromatic carbocycles. The van der Waals surface area contributed by atoms with Crippen molar-refractivity contribution in [3.63, 3.8) is 0 Å². The average molecular weight is 238 g/mol. The molecule has 0 spiro atoms. The van der Waals surface area contributed by atoms with Gasteiger partial charge in [0.05, 0.1) is 0 Å². The highest BCUT2D eigenvalue weighted by atomic mass is 16.1. The molecule has 0 unspecified atom stereocenters. The Morgan fingerprint density at radius 1 is 0.944 bits per heavy atom. The molecule has 0 atom stereocenters. The Morgan fingerprint density at radius 3 is 2.28 bits per heavy atom. The van der Waals surface area contributed by atoms with Gasteiger partial charge in [-0.25, -0.2) is 0 Å². The number of benzene rings is 1. The van der Waals surface area contributed by atoms with Crippen molar-refractivity contribution in [1.29, 1.82) is 0 Å². The van der Waals surface area contributed by atoms with Gasteiger partial charge in [0.2, 0.25) is 0 Å². The van der Waals surface area contributed by atoms with E-state index in [-0.39, 0.29) is 0 Å². The lowest BCUT2D eigenvalue weighted by Crippen LogP contribution is -1.72. The van der Waals surface area contributed by atoms with Crippen LogP contribution in [-0.2, 0) is 4.79 Å². The molecule has 0 aliphatic rings. The van der Waals surface area contributed by atoms with Crippen LogP contribution < -0.4 is 0 Å². The Kier molecular flexibility index (Phi) is 6.20. The summed E-state index contributed by atoms with van der Waals surface area (Å²) in [5, 5.41) is 0. The van der Waals surface area contributed by atoms with Crippen LogP contribution in [0.15, 0.2) is 71.9 Å². The highest BCUT2D eigenvalue weighted by molar-refractivity contribution is 5.67. The second kappa shape index (κ2) is 8.02. The van der Waals surface area contributed by atoms with E-state index >= 15 is 0 Å². The lowest BCUT2D eigenvalue weighted by molar-refractivity contribution is -0.104. The summed E-state index contributed by atoms with van der Waals surface area (Å²) in [6.07, 6.45) is 12.4. The summed E-state index contributed by atoms with van der Waals surface area (Å²) in [5.74, 6) is 0. The van der Waals surface area contributed by atoms with E-state index in [9.17, 15) is 4.79 Å². The molecule has 0 aliphatic carbocycles. The molecule has 0 aliphatic heterocycles. The fraction of sp³-hybridized carbons (Fsp3) is 0.118. The number of hydrogen-bond donors (Lipinski definition) is 0. The standard InChI is InChI=1S/C17H18O/c1-15(7-6-8-16(2)13-14-18)11-12-17-9-4-3-5-10-17/h3-14H,1-2H3/b8-6+,12-11+,15-7+,16-13+. The summed E-state index contributed by atoms with van der Waals surface area (Å²) >= 11 is 0. The molecule has 92 valence electrons. The van der Waals surface area contributed by atoms with Gasteiger partial charge in [0.15, 0.2) is 0 Å². The van der Waals surface area contributed by atoms with Crippen molar-refractivity contribution < 1.29 is 4.79 Å². The minimum Gasteiger partial charge on any atom is -0.299 e. The lowest BCUT2D eigenvalue weighted by Gasteiger charge is -1.92. The van der Waals surface area contributed by atoms with Gasteiger partial charge in [-0.3, -0.25) is 4.79 Å². The summed E-state index contributed by atoms with van der Waals surface area (Å²) in [6, 6.07) is 10.2. The molecule has 1 rings (SSSR count). The molecule has 18 heavy (non-hydrogen) atoms. The molecular weight excluding hydrogens is 220 g/mol. The molecule has 0 fully saturated rings.